The Balaban J connectivity index is 1.37. The summed E-state index contributed by atoms with van der Waals surface area (Å²) in [5.41, 5.74) is 4.48. The van der Waals surface area contributed by atoms with Gasteiger partial charge < -0.3 is 5.32 Å². The van der Waals surface area contributed by atoms with Gasteiger partial charge in [0, 0.05) is 12.1 Å². The van der Waals surface area contributed by atoms with Gasteiger partial charge >= 0.3 is 0 Å². The average Bonchev–Trinajstić information content (AvgIpc) is 3.33. The van der Waals surface area contributed by atoms with Crippen molar-refractivity contribution < 1.29 is 4.79 Å². The number of rotatable bonds is 5. The largest absolute Gasteiger partial charge is 0.323 e. The molecule has 1 saturated carbocycles. The highest BCUT2D eigenvalue weighted by Gasteiger charge is 2.43. The van der Waals surface area contributed by atoms with Crippen LogP contribution in [0.4, 0.5) is 5.69 Å². The summed E-state index contributed by atoms with van der Waals surface area (Å²) in [6, 6.07) is 18.5. The SMILES string of the molecule is Cc1ccccc1Cn1cc(NC(=O)C2CC2c2ccccc2)cn1. The van der Waals surface area contributed by atoms with Crippen LogP contribution in [0, 0.1) is 12.8 Å². The van der Waals surface area contributed by atoms with Crippen LogP contribution in [0.3, 0.4) is 0 Å². The Kier molecular flexibility index (Phi) is 4.10. The van der Waals surface area contributed by atoms with E-state index in [1.165, 1.54) is 16.7 Å². The van der Waals surface area contributed by atoms with Crippen molar-refractivity contribution >= 4 is 11.6 Å². The van der Waals surface area contributed by atoms with Gasteiger partial charge in [0.25, 0.3) is 0 Å². The number of anilines is 1. The molecule has 1 amide bonds. The maximum Gasteiger partial charge on any atom is 0.228 e. The number of carbonyl (C=O) groups excluding carboxylic acids is 1. The van der Waals surface area contributed by atoms with Crippen LogP contribution in [0.25, 0.3) is 0 Å². The van der Waals surface area contributed by atoms with Crippen molar-refractivity contribution in [3.05, 3.63) is 83.7 Å². The summed E-state index contributed by atoms with van der Waals surface area (Å²) in [6.07, 6.45) is 4.54. The van der Waals surface area contributed by atoms with E-state index >= 15 is 0 Å². The molecule has 3 aromatic rings. The van der Waals surface area contributed by atoms with Crippen LogP contribution >= 0.6 is 0 Å². The number of aryl methyl sites for hydroxylation is 1. The van der Waals surface area contributed by atoms with Crippen LogP contribution in [0.2, 0.25) is 0 Å². The zero-order valence-corrected chi connectivity index (χ0v) is 14.2. The first kappa shape index (κ1) is 15.6. The molecule has 2 aromatic carbocycles. The first-order chi connectivity index (χ1) is 12.2. The van der Waals surface area contributed by atoms with Crippen molar-refractivity contribution in [2.75, 3.05) is 5.32 Å². The number of benzene rings is 2. The van der Waals surface area contributed by atoms with Crippen LogP contribution in [0.5, 0.6) is 0 Å². The first-order valence-corrected chi connectivity index (χ1v) is 8.63. The highest BCUT2D eigenvalue weighted by atomic mass is 16.2. The Morgan fingerprint density at radius 1 is 1.16 bits per heavy atom. The third kappa shape index (κ3) is 3.48. The lowest BCUT2D eigenvalue weighted by Gasteiger charge is -2.05. The lowest BCUT2D eigenvalue weighted by molar-refractivity contribution is -0.117. The summed E-state index contributed by atoms with van der Waals surface area (Å²) in [6.45, 7) is 2.80. The molecule has 0 bridgehead atoms. The normalized spacial score (nSPS) is 18.8. The second-order valence-corrected chi connectivity index (χ2v) is 6.70. The molecule has 1 heterocycles. The van der Waals surface area contributed by atoms with E-state index in [1.807, 2.05) is 41.2 Å². The summed E-state index contributed by atoms with van der Waals surface area (Å²) in [5.74, 6) is 0.509. The minimum Gasteiger partial charge on any atom is -0.323 e. The van der Waals surface area contributed by atoms with E-state index in [1.54, 1.807) is 6.20 Å². The highest BCUT2D eigenvalue weighted by molar-refractivity contribution is 5.95. The molecule has 0 spiro atoms. The van der Waals surface area contributed by atoms with E-state index < -0.39 is 0 Å². The number of nitrogens with one attached hydrogen (secondary N) is 1. The van der Waals surface area contributed by atoms with Crippen molar-refractivity contribution in [1.82, 2.24) is 9.78 Å². The van der Waals surface area contributed by atoms with Gasteiger partial charge in [-0.25, -0.2) is 0 Å². The van der Waals surface area contributed by atoms with E-state index in [2.05, 4.69) is 41.6 Å². The number of hydrogen-bond acceptors (Lipinski definition) is 2. The molecule has 2 unspecified atom stereocenters. The van der Waals surface area contributed by atoms with Crippen LogP contribution in [0.1, 0.15) is 29.0 Å². The molecule has 1 fully saturated rings. The summed E-state index contributed by atoms with van der Waals surface area (Å²) in [4.78, 5) is 12.4. The lowest BCUT2D eigenvalue weighted by atomic mass is 10.1. The number of amides is 1. The predicted octanol–water partition coefficient (Wildman–Crippen LogP) is 3.98. The number of aromatic nitrogens is 2. The second-order valence-electron chi connectivity index (χ2n) is 6.70. The van der Waals surface area contributed by atoms with E-state index in [-0.39, 0.29) is 11.8 Å². The molecular formula is C21H21N3O. The number of carbonyl (C=O) groups is 1. The Hall–Kier alpha value is -2.88. The van der Waals surface area contributed by atoms with E-state index in [0.717, 1.165) is 12.1 Å². The molecule has 1 aromatic heterocycles. The molecule has 126 valence electrons. The monoisotopic (exact) mass is 331 g/mol. The minimum atomic E-state index is 0.0714. The van der Waals surface area contributed by atoms with Gasteiger partial charge in [-0.3, -0.25) is 9.48 Å². The fourth-order valence-corrected chi connectivity index (χ4v) is 3.26. The van der Waals surface area contributed by atoms with E-state index in [9.17, 15) is 4.79 Å². The van der Waals surface area contributed by atoms with Gasteiger partial charge in [-0.15, -0.1) is 0 Å². The van der Waals surface area contributed by atoms with Crippen molar-refractivity contribution in [2.45, 2.75) is 25.8 Å². The number of nitrogens with zero attached hydrogens (tertiary/aromatic N) is 2. The summed E-state index contributed by atoms with van der Waals surface area (Å²) in [7, 11) is 0. The summed E-state index contributed by atoms with van der Waals surface area (Å²) < 4.78 is 1.86. The lowest BCUT2D eigenvalue weighted by Crippen LogP contribution is -2.14. The second kappa shape index (κ2) is 6.55. The van der Waals surface area contributed by atoms with Crippen LogP contribution in [-0.4, -0.2) is 15.7 Å². The highest BCUT2D eigenvalue weighted by Crippen LogP contribution is 2.47. The van der Waals surface area contributed by atoms with Crippen molar-refractivity contribution in [3.63, 3.8) is 0 Å². The number of hydrogen-bond donors (Lipinski definition) is 1. The summed E-state index contributed by atoms with van der Waals surface area (Å²) in [5, 5.41) is 7.37. The standard InChI is InChI=1S/C21H21N3O/c1-15-7-5-6-10-17(15)13-24-14-18(12-22-24)23-21(25)20-11-19(20)16-8-3-2-4-9-16/h2-10,12,14,19-20H,11,13H2,1H3,(H,23,25). The van der Waals surface area contributed by atoms with Gasteiger partial charge in [-0.2, -0.15) is 5.10 Å². The molecule has 1 aliphatic carbocycles. The molecule has 25 heavy (non-hydrogen) atoms. The zero-order valence-electron chi connectivity index (χ0n) is 14.2. The fourth-order valence-electron chi connectivity index (χ4n) is 3.26. The Morgan fingerprint density at radius 2 is 1.92 bits per heavy atom. The molecule has 0 radical (unpaired) electrons. The molecular weight excluding hydrogens is 310 g/mol. The van der Waals surface area contributed by atoms with E-state index in [0.29, 0.717) is 12.5 Å². The maximum atomic E-state index is 12.4. The quantitative estimate of drug-likeness (QED) is 0.768. The van der Waals surface area contributed by atoms with Gasteiger partial charge in [0.1, 0.15) is 0 Å². The molecule has 2 atom stereocenters. The topological polar surface area (TPSA) is 46.9 Å². The average molecular weight is 331 g/mol. The van der Waals surface area contributed by atoms with Crippen molar-refractivity contribution in [2.24, 2.45) is 5.92 Å². The third-order valence-electron chi connectivity index (χ3n) is 4.85. The van der Waals surface area contributed by atoms with Gasteiger partial charge in [0.05, 0.1) is 18.4 Å². The van der Waals surface area contributed by atoms with Crippen molar-refractivity contribution in [1.29, 1.82) is 0 Å². The predicted molar refractivity (Wildman–Crippen MR) is 98.4 cm³/mol. The zero-order chi connectivity index (χ0) is 17.2. The smallest absolute Gasteiger partial charge is 0.228 e. The minimum absolute atomic E-state index is 0.0714. The third-order valence-corrected chi connectivity index (χ3v) is 4.85. The van der Waals surface area contributed by atoms with Crippen LogP contribution in [0.15, 0.2) is 67.0 Å². The van der Waals surface area contributed by atoms with E-state index in [4.69, 9.17) is 0 Å². The Bertz CT molecular complexity index is 885. The fraction of sp³-hybridized carbons (Fsp3) is 0.238. The molecule has 0 aliphatic heterocycles. The maximum absolute atomic E-state index is 12.4. The molecule has 1 aliphatic rings. The molecule has 4 nitrogen and oxygen atoms in total. The van der Waals surface area contributed by atoms with Crippen LogP contribution in [-0.2, 0) is 11.3 Å². The Morgan fingerprint density at radius 3 is 2.72 bits per heavy atom. The van der Waals surface area contributed by atoms with Crippen molar-refractivity contribution in [3.8, 4) is 0 Å². The van der Waals surface area contributed by atoms with Gasteiger partial charge in [0.2, 0.25) is 5.91 Å². The molecule has 4 heteroatoms. The molecule has 1 N–H and O–H groups in total. The van der Waals surface area contributed by atoms with Gasteiger partial charge in [-0.1, -0.05) is 54.6 Å². The Labute approximate surface area is 147 Å². The van der Waals surface area contributed by atoms with Crippen LogP contribution < -0.4 is 5.32 Å². The van der Waals surface area contributed by atoms with Gasteiger partial charge in [0.15, 0.2) is 0 Å². The summed E-state index contributed by atoms with van der Waals surface area (Å²) >= 11 is 0. The molecule has 4 rings (SSSR count). The first-order valence-electron chi connectivity index (χ1n) is 8.63. The molecule has 0 saturated heterocycles. The van der Waals surface area contributed by atoms with Gasteiger partial charge in [-0.05, 0) is 36.0 Å².